The van der Waals surface area contributed by atoms with E-state index in [1.165, 1.54) is 19.3 Å². The Kier molecular flexibility index (Phi) is 4.64. The van der Waals surface area contributed by atoms with Crippen LogP contribution in [0, 0.1) is 11.8 Å². The number of hydrogen-bond acceptors (Lipinski definition) is 2. The highest BCUT2D eigenvalue weighted by atomic mass is 16.3. The summed E-state index contributed by atoms with van der Waals surface area (Å²) in [5.74, 6) is 1.63. The number of benzene rings is 1. The molecule has 0 heterocycles. The fraction of sp³-hybridized carbons (Fsp3) is 0.647. The SMILES string of the molecule is CC1CCC(NCC(C)(O)c2ccccc2)CC1C. The topological polar surface area (TPSA) is 32.3 Å². The zero-order chi connectivity index (χ0) is 13.9. The predicted molar refractivity (Wildman–Crippen MR) is 80.0 cm³/mol. The third-order valence-electron chi connectivity index (χ3n) is 4.73. The predicted octanol–water partition coefficient (Wildman–Crippen LogP) is 3.31. The molecule has 2 rings (SSSR count). The molecule has 0 aliphatic heterocycles. The van der Waals surface area contributed by atoms with Gasteiger partial charge in [0, 0.05) is 12.6 Å². The molecule has 106 valence electrons. The largest absolute Gasteiger partial charge is 0.384 e. The first-order chi connectivity index (χ1) is 8.99. The number of nitrogens with one attached hydrogen (secondary N) is 1. The first kappa shape index (κ1) is 14.5. The Labute approximate surface area is 117 Å². The van der Waals surface area contributed by atoms with E-state index in [4.69, 9.17) is 0 Å². The van der Waals surface area contributed by atoms with Gasteiger partial charge in [0.15, 0.2) is 0 Å². The molecule has 0 amide bonds. The van der Waals surface area contributed by atoms with E-state index < -0.39 is 5.60 Å². The smallest absolute Gasteiger partial charge is 0.0992 e. The van der Waals surface area contributed by atoms with Crippen LogP contribution in [0.15, 0.2) is 30.3 Å². The van der Waals surface area contributed by atoms with Crippen molar-refractivity contribution in [3.63, 3.8) is 0 Å². The zero-order valence-electron chi connectivity index (χ0n) is 12.4. The third-order valence-corrected chi connectivity index (χ3v) is 4.73. The van der Waals surface area contributed by atoms with Gasteiger partial charge in [0.2, 0.25) is 0 Å². The van der Waals surface area contributed by atoms with Gasteiger partial charge in [-0.25, -0.2) is 0 Å². The van der Waals surface area contributed by atoms with Gasteiger partial charge in [-0.2, -0.15) is 0 Å². The van der Waals surface area contributed by atoms with Gasteiger partial charge in [-0.3, -0.25) is 0 Å². The summed E-state index contributed by atoms with van der Waals surface area (Å²) < 4.78 is 0. The van der Waals surface area contributed by atoms with Crippen molar-refractivity contribution in [1.82, 2.24) is 5.32 Å². The highest BCUT2D eigenvalue weighted by Crippen LogP contribution is 2.30. The third kappa shape index (κ3) is 3.80. The molecule has 2 heteroatoms. The molecule has 4 unspecified atom stereocenters. The molecule has 2 N–H and O–H groups in total. The maximum absolute atomic E-state index is 10.6. The number of hydrogen-bond donors (Lipinski definition) is 2. The van der Waals surface area contributed by atoms with E-state index in [0.717, 1.165) is 17.4 Å². The Bertz CT molecular complexity index is 388. The van der Waals surface area contributed by atoms with Crippen molar-refractivity contribution in [3.8, 4) is 0 Å². The normalized spacial score (nSPS) is 30.8. The summed E-state index contributed by atoms with van der Waals surface area (Å²) in [5, 5.41) is 14.1. The monoisotopic (exact) mass is 261 g/mol. The summed E-state index contributed by atoms with van der Waals surface area (Å²) in [6, 6.07) is 10.5. The van der Waals surface area contributed by atoms with Crippen LogP contribution in [-0.2, 0) is 5.60 Å². The molecule has 1 aromatic carbocycles. The van der Waals surface area contributed by atoms with Crippen molar-refractivity contribution >= 4 is 0 Å². The lowest BCUT2D eigenvalue weighted by molar-refractivity contribution is 0.0498. The minimum absolute atomic E-state index is 0.557. The molecule has 1 aliphatic carbocycles. The minimum atomic E-state index is -0.784. The van der Waals surface area contributed by atoms with Gasteiger partial charge in [-0.1, -0.05) is 44.2 Å². The van der Waals surface area contributed by atoms with E-state index >= 15 is 0 Å². The van der Waals surface area contributed by atoms with E-state index in [1.807, 2.05) is 37.3 Å². The van der Waals surface area contributed by atoms with Crippen molar-refractivity contribution in [2.45, 2.75) is 51.7 Å². The molecule has 1 fully saturated rings. The zero-order valence-corrected chi connectivity index (χ0v) is 12.4. The lowest BCUT2D eigenvalue weighted by Gasteiger charge is -2.35. The second kappa shape index (κ2) is 6.06. The van der Waals surface area contributed by atoms with Crippen LogP contribution in [0.5, 0.6) is 0 Å². The molecule has 4 atom stereocenters. The van der Waals surface area contributed by atoms with Crippen LogP contribution in [0.2, 0.25) is 0 Å². The molecular weight excluding hydrogens is 234 g/mol. The average Bonchev–Trinajstić information content (AvgIpc) is 2.41. The maximum Gasteiger partial charge on any atom is 0.0992 e. The Morgan fingerprint density at radius 2 is 1.84 bits per heavy atom. The second-order valence-corrected chi connectivity index (χ2v) is 6.49. The molecule has 19 heavy (non-hydrogen) atoms. The summed E-state index contributed by atoms with van der Waals surface area (Å²) in [6.45, 7) is 7.21. The van der Waals surface area contributed by atoms with Gasteiger partial charge in [0.05, 0.1) is 5.60 Å². The molecule has 0 aromatic heterocycles. The molecule has 0 bridgehead atoms. The van der Waals surface area contributed by atoms with Crippen LogP contribution in [0.1, 0.15) is 45.6 Å². The summed E-state index contributed by atoms with van der Waals surface area (Å²) in [5.41, 5.74) is 0.202. The molecule has 0 spiro atoms. The van der Waals surface area contributed by atoms with Crippen molar-refractivity contribution in [3.05, 3.63) is 35.9 Å². The fourth-order valence-corrected chi connectivity index (χ4v) is 2.98. The molecule has 1 aliphatic rings. The quantitative estimate of drug-likeness (QED) is 0.871. The van der Waals surface area contributed by atoms with E-state index in [2.05, 4.69) is 19.2 Å². The summed E-state index contributed by atoms with van der Waals surface area (Å²) in [6.07, 6.45) is 3.76. The van der Waals surface area contributed by atoms with E-state index in [-0.39, 0.29) is 0 Å². The van der Waals surface area contributed by atoms with Gasteiger partial charge < -0.3 is 10.4 Å². The summed E-state index contributed by atoms with van der Waals surface area (Å²) in [4.78, 5) is 0. The Balaban J connectivity index is 1.88. The molecule has 2 nitrogen and oxygen atoms in total. The van der Waals surface area contributed by atoms with Gasteiger partial charge >= 0.3 is 0 Å². The molecule has 0 saturated heterocycles. The van der Waals surface area contributed by atoms with E-state index in [9.17, 15) is 5.11 Å². The summed E-state index contributed by atoms with van der Waals surface area (Å²) >= 11 is 0. The molecule has 1 saturated carbocycles. The molecule has 0 radical (unpaired) electrons. The number of rotatable bonds is 4. The second-order valence-electron chi connectivity index (χ2n) is 6.49. The standard InChI is InChI=1S/C17H27NO/c1-13-9-10-16(11-14(13)2)18-12-17(3,19)15-7-5-4-6-8-15/h4-8,13-14,16,18-19H,9-12H2,1-3H3. The lowest BCUT2D eigenvalue weighted by Crippen LogP contribution is -2.43. The highest BCUT2D eigenvalue weighted by molar-refractivity contribution is 5.21. The minimum Gasteiger partial charge on any atom is -0.384 e. The van der Waals surface area contributed by atoms with Crippen molar-refractivity contribution in [2.24, 2.45) is 11.8 Å². The first-order valence-corrected chi connectivity index (χ1v) is 7.50. The fourth-order valence-electron chi connectivity index (χ4n) is 2.98. The van der Waals surface area contributed by atoms with Gasteiger partial charge in [-0.15, -0.1) is 0 Å². The van der Waals surface area contributed by atoms with Gasteiger partial charge in [0.1, 0.15) is 0 Å². The Morgan fingerprint density at radius 1 is 1.16 bits per heavy atom. The Hall–Kier alpha value is -0.860. The van der Waals surface area contributed by atoms with Crippen LogP contribution in [-0.4, -0.2) is 17.7 Å². The van der Waals surface area contributed by atoms with Crippen molar-refractivity contribution < 1.29 is 5.11 Å². The highest BCUT2D eigenvalue weighted by Gasteiger charge is 2.28. The van der Waals surface area contributed by atoms with Crippen molar-refractivity contribution in [1.29, 1.82) is 0 Å². The first-order valence-electron chi connectivity index (χ1n) is 7.50. The lowest BCUT2D eigenvalue weighted by atomic mass is 9.79. The van der Waals surface area contributed by atoms with Gasteiger partial charge in [-0.05, 0) is 43.6 Å². The van der Waals surface area contributed by atoms with Crippen LogP contribution < -0.4 is 5.32 Å². The number of aliphatic hydroxyl groups is 1. The maximum atomic E-state index is 10.6. The van der Waals surface area contributed by atoms with Crippen LogP contribution in [0.25, 0.3) is 0 Å². The molecular formula is C17H27NO. The average molecular weight is 261 g/mol. The summed E-state index contributed by atoms with van der Waals surface area (Å²) in [7, 11) is 0. The van der Waals surface area contributed by atoms with E-state index in [0.29, 0.717) is 12.6 Å². The van der Waals surface area contributed by atoms with E-state index in [1.54, 1.807) is 0 Å². The van der Waals surface area contributed by atoms with Crippen molar-refractivity contribution in [2.75, 3.05) is 6.54 Å². The van der Waals surface area contributed by atoms with Gasteiger partial charge in [0.25, 0.3) is 0 Å². The molecule has 1 aromatic rings. The van der Waals surface area contributed by atoms with Crippen LogP contribution in [0.3, 0.4) is 0 Å². The van der Waals surface area contributed by atoms with Crippen LogP contribution in [0.4, 0.5) is 0 Å². The van der Waals surface area contributed by atoms with Crippen LogP contribution >= 0.6 is 0 Å². The Morgan fingerprint density at radius 3 is 2.47 bits per heavy atom.